The highest BCUT2D eigenvalue weighted by Gasteiger charge is 2.28. The van der Waals surface area contributed by atoms with Gasteiger partial charge < -0.3 is 19.9 Å². The Hall–Kier alpha value is -1.72. The molecular weight excluding hydrogens is 280 g/mol. The van der Waals surface area contributed by atoms with E-state index in [0.29, 0.717) is 11.5 Å². The molecule has 5 heteroatoms. The summed E-state index contributed by atoms with van der Waals surface area (Å²) in [7, 11) is 3.20. The average molecular weight is 306 g/mol. The third-order valence-electron chi connectivity index (χ3n) is 4.02. The maximum Gasteiger partial charge on any atom is 0.131 e. The standard InChI is InChI=1S/C17H26N2O3/c1-12(2)9-14(19-7-5-18-6-8-19)17-15(20)10-13(21-3)11-16(17)22-4/h10-11,14,18,20H,1,5-9H2,2-4H3/t14-/m1/s1. The third-order valence-corrected chi connectivity index (χ3v) is 4.02. The van der Waals surface area contributed by atoms with Crippen LogP contribution in [-0.2, 0) is 0 Å². The fourth-order valence-electron chi connectivity index (χ4n) is 2.95. The van der Waals surface area contributed by atoms with Crippen LogP contribution in [0.5, 0.6) is 17.2 Å². The van der Waals surface area contributed by atoms with Crippen molar-refractivity contribution >= 4 is 0 Å². The summed E-state index contributed by atoms with van der Waals surface area (Å²) in [6.45, 7) is 9.84. The van der Waals surface area contributed by atoms with Crippen LogP contribution in [0.4, 0.5) is 0 Å². The summed E-state index contributed by atoms with van der Waals surface area (Å²) in [6, 6.07) is 3.52. The van der Waals surface area contributed by atoms with Gasteiger partial charge in [0, 0.05) is 44.4 Å². The molecule has 0 spiro atoms. The minimum Gasteiger partial charge on any atom is -0.507 e. The van der Waals surface area contributed by atoms with Crippen LogP contribution in [-0.4, -0.2) is 50.4 Å². The first kappa shape index (κ1) is 16.6. The van der Waals surface area contributed by atoms with Crippen molar-refractivity contribution in [2.75, 3.05) is 40.4 Å². The lowest BCUT2D eigenvalue weighted by Crippen LogP contribution is -2.45. The molecule has 1 aromatic rings. The number of aromatic hydroxyl groups is 1. The van der Waals surface area contributed by atoms with E-state index in [4.69, 9.17) is 9.47 Å². The number of methoxy groups -OCH3 is 2. The van der Waals surface area contributed by atoms with Gasteiger partial charge in [0.15, 0.2) is 0 Å². The van der Waals surface area contributed by atoms with Gasteiger partial charge >= 0.3 is 0 Å². The number of phenolic OH excluding ortho intramolecular Hbond substituents is 1. The van der Waals surface area contributed by atoms with E-state index >= 15 is 0 Å². The first-order chi connectivity index (χ1) is 10.6. The van der Waals surface area contributed by atoms with Gasteiger partial charge in [-0.2, -0.15) is 0 Å². The van der Waals surface area contributed by atoms with Crippen molar-refractivity contribution in [3.63, 3.8) is 0 Å². The zero-order valence-electron chi connectivity index (χ0n) is 13.7. The van der Waals surface area contributed by atoms with E-state index in [2.05, 4.69) is 16.8 Å². The maximum atomic E-state index is 10.5. The monoisotopic (exact) mass is 306 g/mol. The Morgan fingerprint density at radius 2 is 2.00 bits per heavy atom. The van der Waals surface area contributed by atoms with Gasteiger partial charge in [-0.15, -0.1) is 6.58 Å². The predicted octanol–water partition coefficient (Wildman–Crippen LogP) is 2.32. The molecule has 1 saturated heterocycles. The summed E-state index contributed by atoms with van der Waals surface area (Å²) < 4.78 is 10.7. The highest BCUT2D eigenvalue weighted by atomic mass is 16.5. The predicted molar refractivity (Wildman–Crippen MR) is 87.8 cm³/mol. The molecule has 1 aromatic carbocycles. The molecule has 0 saturated carbocycles. The van der Waals surface area contributed by atoms with Crippen molar-refractivity contribution in [2.24, 2.45) is 0 Å². The third kappa shape index (κ3) is 3.72. The van der Waals surface area contributed by atoms with Gasteiger partial charge in [0.2, 0.25) is 0 Å². The molecule has 0 amide bonds. The summed E-state index contributed by atoms with van der Waals surface area (Å²) in [6.07, 6.45) is 0.788. The van der Waals surface area contributed by atoms with E-state index < -0.39 is 0 Å². The molecule has 1 fully saturated rings. The summed E-state index contributed by atoms with van der Waals surface area (Å²) >= 11 is 0. The van der Waals surface area contributed by atoms with Crippen LogP contribution in [0.15, 0.2) is 24.3 Å². The number of phenols is 1. The number of ether oxygens (including phenoxy) is 2. The molecule has 1 aliphatic heterocycles. The molecule has 0 radical (unpaired) electrons. The van der Waals surface area contributed by atoms with Crippen LogP contribution < -0.4 is 14.8 Å². The van der Waals surface area contributed by atoms with Gasteiger partial charge in [0.1, 0.15) is 17.2 Å². The van der Waals surface area contributed by atoms with Crippen molar-refractivity contribution in [1.29, 1.82) is 0 Å². The number of nitrogens with one attached hydrogen (secondary N) is 1. The van der Waals surface area contributed by atoms with Gasteiger partial charge in [-0.1, -0.05) is 5.57 Å². The topological polar surface area (TPSA) is 54.0 Å². The number of benzene rings is 1. The smallest absolute Gasteiger partial charge is 0.131 e. The lowest BCUT2D eigenvalue weighted by molar-refractivity contribution is 0.166. The number of hydrogen-bond donors (Lipinski definition) is 2. The van der Waals surface area contributed by atoms with Crippen LogP contribution in [0.1, 0.15) is 24.9 Å². The molecule has 1 atom stereocenters. The van der Waals surface area contributed by atoms with Crippen LogP contribution in [0.3, 0.4) is 0 Å². The molecule has 0 bridgehead atoms. The van der Waals surface area contributed by atoms with Crippen molar-refractivity contribution in [3.8, 4) is 17.2 Å². The Morgan fingerprint density at radius 1 is 1.32 bits per heavy atom. The first-order valence-electron chi connectivity index (χ1n) is 7.60. The molecule has 2 rings (SSSR count). The minimum atomic E-state index is 0.0560. The van der Waals surface area contributed by atoms with Gasteiger partial charge in [-0.3, -0.25) is 4.90 Å². The Labute approximate surface area is 132 Å². The average Bonchev–Trinajstić information content (AvgIpc) is 2.52. The summed E-state index contributed by atoms with van der Waals surface area (Å²) in [5.41, 5.74) is 1.90. The second-order valence-electron chi connectivity index (χ2n) is 5.73. The molecule has 2 N–H and O–H groups in total. The molecule has 0 aromatic heterocycles. The largest absolute Gasteiger partial charge is 0.507 e. The second kappa shape index (κ2) is 7.51. The normalized spacial score (nSPS) is 17.0. The summed E-state index contributed by atoms with van der Waals surface area (Å²) in [5, 5.41) is 13.9. The fourth-order valence-corrected chi connectivity index (χ4v) is 2.95. The number of piperazine rings is 1. The Morgan fingerprint density at radius 3 is 2.55 bits per heavy atom. The van der Waals surface area contributed by atoms with Crippen molar-refractivity contribution < 1.29 is 14.6 Å². The van der Waals surface area contributed by atoms with Gasteiger partial charge in [0.25, 0.3) is 0 Å². The van der Waals surface area contributed by atoms with E-state index in [1.807, 2.05) is 13.0 Å². The van der Waals surface area contributed by atoms with Crippen molar-refractivity contribution in [2.45, 2.75) is 19.4 Å². The maximum absolute atomic E-state index is 10.5. The van der Waals surface area contributed by atoms with Crippen LogP contribution in [0, 0.1) is 0 Å². The quantitative estimate of drug-likeness (QED) is 0.790. The molecule has 0 unspecified atom stereocenters. The molecule has 0 aliphatic carbocycles. The van der Waals surface area contributed by atoms with Gasteiger partial charge in [-0.25, -0.2) is 0 Å². The Kier molecular flexibility index (Phi) is 5.69. The lowest BCUT2D eigenvalue weighted by Gasteiger charge is -2.36. The highest BCUT2D eigenvalue weighted by molar-refractivity contribution is 5.52. The highest BCUT2D eigenvalue weighted by Crippen LogP contribution is 2.42. The summed E-state index contributed by atoms with van der Waals surface area (Å²) in [5.74, 6) is 1.45. The molecule has 22 heavy (non-hydrogen) atoms. The van der Waals surface area contributed by atoms with E-state index in [9.17, 15) is 5.11 Å². The van der Waals surface area contributed by atoms with Crippen molar-refractivity contribution in [3.05, 3.63) is 29.8 Å². The molecule has 5 nitrogen and oxygen atoms in total. The molecule has 1 aliphatic rings. The van der Waals surface area contributed by atoms with Crippen LogP contribution >= 0.6 is 0 Å². The molecule has 1 heterocycles. The van der Waals surface area contributed by atoms with Gasteiger partial charge in [-0.05, 0) is 13.3 Å². The van der Waals surface area contributed by atoms with E-state index in [1.54, 1.807) is 20.3 Å². The second-order valence-corrected chi connectivity index (χ2v) is 5.73. The zero-order valence-corrected chi connectivity index (χ0v) is 13.7. The van der Waals surface area contributed by atoms with Crippen LogP contribution in [0.25, 0.3) is 0 Å². The van der Waals surface area contributed by atoms with E-state index in [0.717, 1.165) is 43.7 Å². The Balaban J connectivity index is 2.43. The summed E-state index contributed by atoms with van der Waals surface area (Å²) in [4.78, 5) is 2.37. The molecule has 122 valence electrons. The number of nitrogens with zero attached hydrogens (tertiary/aromatic N) is 1. The first-order valence-corrected chi connectivity index (χ1v) is 7.60. The fraction of sp³-hybridized carbons (Fsp3) is 0.529. The Bertz CT molecular complexity index is 525. The zero-order chi connectivity index (χ0) is 16.1. The SMILES string of the molecule is C=C(C)C[C@H](c1c(O)cc(OC)cc1OC)N1CCNCC1. The minimum absolute atomic E-state index is 0.0560. The van der Waals surface area contributed by atoms with Gasteiger partial charge in [0.05, 0.1) is 19.8 Å². The van der Waals surface area contributed by atoms with E-state index in [1.165, 1.54) is 0 Å². The van der Waals surface area contributed by atoms with E-state index in [-0.39, 0.29) is 11.8 Å². The van der Waals surface area contributed by atoms with Crippen LogP contribution in [0.2, 0.25) is 0 Å². The number of hydrogen-bond acceptors (Lipinski definition) is 5. The van der Waals surface area contributed by atoms with Crippen molar-refractivity contribution in [1.82, 2.24) is 10.2 Å². The molecular formula is C17H26N2O3. The lowest BCUT2D eigenvalue weighted by atomic mass is 9.96. The number of rotatable bonds is 6.